The van der Waals surface area contributed by atoms with Crippen molar-refractivity contribution in [3.8, 4) is 11.8 Å². The molecule has 2 atom stereocenters. The number of thioether (sulfide) groups is 1. The number of quaternary nitrogens is 1. The van der Waals surface area contributed by atoms with Gasteiger partial charge in [-0.05, 0) is 55.7 Å². The van der Waals surface area contributed by atoms with E-state index in [1.165, 1.54) is 35.1 Å². The lowest BCUT2D eigenvalue weighted by Gasteiger charge is -2.27. The Morgan fingerprint density at radius 1 is 1.21 bits per heavy atom. The molecule has 0 spiro atoms. The molecule has 152 valence electrons. The Balaban J connectivity index is 1.70. The van der Waals surface area contributed by atoms with Gasteiger partial charge in [-0.25, -0.2) is 0 Å². The summed E-state index contributed by atoms with van der Waals surface area (Å²) in [6, 6.07) is 18.4. The Labute approximate surface area is 177 Å². The molecule has 3 rings (SSSR count). The third kappa shape index (κ3) is 5.99. The maximum Gasteiger partial charge on any atom is 0.279 e. The van der Waals surface area contributed by atoms with Crippen LogP contribution in [-0.2, 0) is 4.79 Å². The van der Waals surface area contributed by atoms with Gasteiger partial charge in [0.05, 0.1) is 31.2 Å². The monoisotopic (exact) mass is 410 g/mol. The fraction of sp³-hybridized carbons (Fsp3) is 0.391. The highest BCUT2D eigenvalue weighted by atomic mass is 32.2. The zero-order valence-electron chi connectivity index (χ0n) is 16.8. The third-order valence-corrected chi connectivity index (χ3v) is 6.28. The number of ether oxygens (including phenoxy) is 1. The summed E-state index contributed by atoms with van der Waals surface area (Å²) >= 11 is 1.44. The van der Waals surface area contributed by atoms with E-state index in [2.05, 4.69) is 23.5 Å². The lowest BCUT2D eigenvalue weighted by atomic mass is 10.0. The van der Waals surface area contributed by atoms with Crippen molar-refractivity contribution in [1.82, 2.24) is 0 Å². The molecule has 0 aliphatic carbocycles. The normalized spacial score (nSPS) is 19.0. The van der Waals surface area contributed by atoms with Crippen molar-refractivity contribution in [1.29, 1.82) is 5.26 Å². The van der Waals surface area contributed by atoms with Crippen LogP contribution >= 0.6 is 11.8 Å². The Hall–Kier alpha value is -2.49. The first-order valence-electron chi connectivity index (χ1n) is 10.1. The fourth-order valence-electron chi connectivity index (χ4n) is 3.91. The van der Waals surface area contributed by atoms with Gasteiger partial charge in [-0.15, -0.1) is 11.8 Å². The number of nitrogens with one attached hydrogen (secondary N) is 2. The summed E-state index contributed by atoms with van der Waals surface area (Å²) in [5, 5.41) is 11.9. The van der Waals surface area contributed by atoms with Crippen molar-refractivity contribution < 1.29 is 14.4 Å². The standard InChI is InChI=1S/C23H27N3O2S/c1-28-19-12-10-18(11-13-19)21-8-3-2-6-15-26(21)17-23(27)25-20-7-4-5-9-22(20)29-16-14-24/h4-5,7,9-13,21H,2-3,6,8,15-17H2,1H3,(H,25,27)/p+1/t21-/m0/s1. The first-order chi connectivity index (χ1) is 14.2. The number of hydrogen-bond donors (Lipinski definition) is 2. The summed E-state index contributed by atoms with van der Waals surface area (Å²) in [6.07, 6.45) is 4.63. The smallest absolute Gasteiger partial charge is 0.279 e. The molecule has 1 heterocycles. The molecule has 1 aliphatic rings. The Bertz CT molecular complexity index is 848. The SMILES string of the molecule is COc1ccc([C@@H]2CCCCC[NH+]2CC(=O)Nc2ccccc2SCC#N)cc1. The van der Waals surface area contributed by atoms with E-state index in [4.69, 9.17) is 10.00 Å². The highest BCUT2D eigenvalue weighted by Gasteiger charge is 2.28. The minimum absolute atomic E-state index is 0.0189. The molecular weight excluding hydrogens is 382 g/mol. The Kier molecular flexibility index (Phi) is 7.97. The number of carbonyl (C=O) groups is 1. The van der Waals surface area contributed by atoms with Crippen LogP contribution in [0.4, 0.5) is 5.69 Å². The number of nitrogens with zero attached hydrogens (tertiary/aromatic N) is 1. The van der Waals surface area contributed by atoms with Crippen LogP contribution in [0, 0.1) is 11.3 Å². The molecule has 2 aromatic carbocycles. The summed E-state index contributed by atoms with van der Waals surface area (Å²) in [4.78, 5) is 15.1. The second-order valence-corrected chi connectivity index (χ2v) is 8.27. The topological polar surface area (TPSA) is 66.6 Å². The third-order valence-electron chi connectivity index (χ3n) is 5.34. The van der Waals surface area contributed by atoms with Gasteiger partial charge in [0.25, 0.3) is 5.91 Å². The van der Waals surface area contributed by atoms with Gasteiger partial charge in [0.1, 0.15) is 11.8 Å². The highest BCUT2D eigenvalue weighted by molar-refractivity contribution is 7.99. The molecule has 0 bridgehead atoms. The van der Waals surface area contributed by atoms with Crippen LogP contribution in [-0.4, -0.2) is 31.9 Å². The maximum atomic E-state index is 12.9. The summed E-state index contributed by atoms with van der Waals surface area (Å²) in [5.74, 6) is 1.24. The first kappa shape index (κ1) is 21.2. The number of amides is 1. The van der Waals surface area contributed by atoms with Gasteiger partial charge in [0, 0.05) is 16.9 Å². The van der Waals surface area contributed by atoms with Gasteiger partial charge in [-0.1, -0.05) is 12.1 Å². The van der Waals surface area contributed by atoms with Gasteiger partial charge in [0.15, 0.2) is 6.54 Å². The number of benzene rings is 2. The van der Waals surface area contributed by atoms with E-state index in [-0.39, 0.29) is 5.91 Å². The number of hydrogen-bond acceptors (Lipinski definition) is 4. The van der Waals surface area contributed by atoms with E-state index in [0.717, 1.165) is 35.7 Å². The van der Waals surface area contributed by atoms with Crippen LogP contribution < -0.4 is 15.0 Å². The predicted molar refractivity (Wildman–Crippen MR) is 116 cm³/mol. The highest BCUT2D eigenvalue weighted by Crippen LogP contribution is 2.26. The van der Waals surface area contributed by atoms with E-state index in [1.807, 2.05) is 36.4 Å². The molecule has 1 saturated heterocycles. The number of likely N-dealkylation sites (tertiary alicyclic amines) is 1. The van der Waals surface area contributed by atoms with Crippen molar-refractivity contribution in [2.75, 3.05) is 31.3 Å². The first-order valence-corrected chi connectivity index (χ1v) is 11.1. The molecule has 0 radical (unpaired) electrons. The van der Waals surface area contributed by atoms with Crippen LogP contribution in [0.3, 0.4) is 0 Å². The second kappa shape index (κ2) is 10.9. The summed E-state index contributed by atoms with van der Waals surface area (Å²) in [7, 11) is 1.68. The molecule has 1 aliphatic heterocycles. The second-order valence-electron chi connectivity index (χ2n) is 7.25. The average molecular weight is 411 g/mol. The van der Waals surface area contributed by atoms with Crippen molar-refractivity contribution in [3.05, 3.63) is 54.1 Å². The zero-order chi connectivity index (χ0) is 20.5. The number of methoxy groups -OCH3 is 1. The molecule has 5 nitrogen and oxygen atoms in total. The fourth-order valence-corrected chi connectivity index (χ4v) is 4.58. The van der Waals surface area contributed by atoms with Crippen LogP contribution in [0.1, 0.15) is 37.3 Å². The average Bonchev–Trinajstić information content (AvgIpc) is 2.98. The maximum absolute atomic E-state index is 12.9. The lowest BCUT2D eigenvalue weighted by molar-refractivity contribution is -0.923. The molecule has 6 heteroatoms. The van der Waals surface area contributed by atoms with E-state index < -0.39 is 0 Å². The van der Waals surface area contributed by atoms with Gasteiger partial charge < -0.3 is 15.0 Å². The number of para-hydroxylation sites is 1. The van der Waals surface area contributed by atoms with Gasteiger partial charge in [-0.3, -0.25) is 4.79 Å². The number of nitriles is 1. The van der Waals surface area contributed by atoms with Crippen molar-refractivity contribution in [2.24, 2.45) is 0 Å². The molecule has 1 fully saturated rings. The zero-order valence-corrected chi connectivity index (χ0v) is 17.6. The van der Waals surface area contributed by atoms with Gasteiger partial charge >= 0.3 is 0 Å². The van der Waals surface area contributed by atoms with E-state index in [9.17, 15) is 4.79 Å². The van der Waals surface area contributed by atoms with Crippen LogP contribution in [0.2, 0.25) is 0 Å². The number of rotatable bonds is 7. The largest absolute Gasteiger partial charge is 0.497 e. The van der Waals surface area contributed by atoms with Crippen molar-refractivity contribution in [2.45, 2.75) is 36.6 Å². The number of carbonyl (C=O) groups excluding carboxylic acids is 1. The molecule has 0 saturated carbocycles. The number of anilines is 1. The summed E-state index contributed by atoms with van der Waals surface area (Å²) < 4.78 is 5.29. The molecule has 2 N–H and O–H groups in total. The Morgan fingerprint density at radius 2 is 2.00 bits per heavy atom. The molecule has 0 aromatic heterocycles. The quantitative estimate of drug-likeness (QED) is 0.686. The van der Waals surface area contributed by atoms with E-state index >= 15 is 0 Å². The minimum atomic E-state index is 0.0189. The van der Waals surface area contributed by atoms with Crippen molar-refractivity contribution in [3.63, 3.8) is 0 Å². The minimum Gasteiger partial charge on any atom is -0.497 e. The molecule has 1 unspecified atom stereocenters. The molecular formula is C23H28N3O2S+. The summed E-state index contributed by atoms with van der Waals surface area (Å²) in [6.45, 7) is 1.43. The molecule has 2 aromatic rings. The summed E-state index contributed by atoms with van der Waals surface area (Å²) in [5.41, 5.74) is 2.05. The molecule has 29 heavy (non-hydrogen) atoms. The van der Waals surface area contributed by atoms with Crippen LogP contribution in [0.5, 0.6) is 5.75 Å². The van der Waals surface area contributed by atoms with E-state index in [1.54, 1.807) is 7.11 Å². The van der Waals surface area contributed by atoms with Gasteiger partial charge in [-0.2, -0.15) is 5.26 Å². The lowest BCUT2D eigenvalue weighted by Crippen LogP contribution is -3.13. The molecule has 1 amide bonds. The Morgan fingerprint density at radius 3 is 2.76 bits per heavy atom. The predicted octanol–water partition coefficient (Wildman–Crippen LogP) is 3.45. The van der Waals surface area contributed by atoms with Crippen LogP contribution in [0.15, 0.2) is 53.4 Å². The van der Waals surface area contributed by atoms with Gasteiger partial charge in [0.2, 0.25) is 0 Å². The van der Waals surface area contributed by atoms with Crippen molar-refractivity contribution >= 4 is 23.4 Å². The van der Waals surface area contributed by atoms with E-state index in [0.29, 0.717) is 18.3 Å². The van der Waals surface area contributed by atoms with Crippen LogP contribution in [0.25, 0.3) is 0 Å².